The van der Waals surface area contributed by atoms with Crippen molar-refractivity contribution < 1.29 is 21.8 Å². The number of halogens is 1. The molecule has 0 saturated carbocycles. The maximum Gasteiger partial charge on any atom is 0.269 e. The molecule has 20 heavy (non-hydrogen) atoms. The van der Waals surface area contributed by atoms with Crippen molar-refractivity contribution in [1.82, 2.24) is 0 Å². The maximum atomic E-state index is 11.9. The Balaban J connectivity index is 1.79. The van der Waals surface area contributed by atoms with E-state index in [0.29, 0.717) is 6.42 Å². The number of thioether (sulfide) groups is 2. The van der Waals surface area contributed by atoms with E-state index in [9.17, 15) is 16.8 Å². The molecule has 3 aliphatic rings. The fourth-order valence-electron chi connectivity index (χ4n) is 2.72. The third kappa shape index (κ3) is 2.59. The number of nitrogens with one attached hydrogen (secondary N) is 1. The smallest absolute Gasteiger partial charge is 0.229 e. The highest BCUT2D eigenvalue weighted by Gasteiger charge is 2.62. The molecule has 5 nitrogen and oxygen atoms in total. The summed E-state index contributed by atoms with van der Waals surface area (Å²) in [4.78, 5) is 3.28. The molecule has 3 aliphatic heterocycles. The van der Waals surface area contributed by atoms with E-state index in [0.717, 1.165) is 4.38 Å². The number of hydrogen-bond donors (Lipinski definition) is 1. The van der Waals surface area contributed by atoms with Gasteiger partial charge >= 0.3 is 0 Å². The Bertz CT molecular complexity index is 673. The zero-order valence-corrected chi connectivity index (χ0v) is 15.6. The van der Waals surface area contributed by atoms with Gasteiger partial charge in [0.05, 0.1) is 16.3 Å². The Morgan fingerprint density at radius 1 is 1.30 bits per heavy atom. The molecule has 0 amide bonds. The molecule has 3 saturated heterocycles. The normalized spacial score (nSPS) is 47.7. The summed E-state index contributed by atoms with van der Waals surface area (Å²) in [7, 11) is -5.97. The Kier molecular flexibility index (Phi) is 3.81. The van der Waals surface area contributed by atoms with Gasteiger partial charge < -0.3 is 0 Å². The number of alkyl halides is 1. The molecular formula is C10H15BrNO4S4+. The van der Waals surface area contributed by atoms with Crippen LogP contribution in [0.25, 0.3) is 0 Å². The largest absolute Gasteiger partial charge is 0.269 e. The minimum absolute atomic E-state index is 0.0161. The lowest BCUT2D eigenvalue weighted by Gasteiger charge is -2.21. The maximum absolute atomic E-state index is 11.9. The summed E-state index contributed by atoms with van der Waals surface area (Å²) in [6.45, 7) is 1.96. The second-order valence-corrected chi connectivity index (χ2v) is 14.4. The third-order valence-corrected chi connectivity index (χ3v) is 14.1. The average molecular weight is 421 g/mol. The quantitative estimate of drug-likeness (QED) is 0.568. The molecule has 0 bridgehead atoms. The highest BCUT2D eigenvalue weighted by Crippen LogP contribution is 2.56. The Morgan fingerprint density at radius 3 is 2.55 bits per heavy atom. The molecular weight excluding hydrogens is 406 g/mol. The van der Waals surface area contributed by atoms with Crippen molar-refractivity contribution in [2.75, 3.05) is 17.3 Å². The highest BCUT2D eigenvalue weighted by molar-refractivity contribution is 9.11. The van der Waals surface area contributed by atoms with E-state index in [1.54, 1.807) is 0 Å². The van der Waals surface area contributed by atoms with Crippen molar-refractivity contribution in [3.05, 3.63) is 0 Å². The van der Waals surface area contributed by atoms with Crippen LogP contribution < -0.4 is 4.99 Å². The van der Waals surface area contributed by atoms with Gasteiger partial charge in [0, 0.05) is 11.7 Å². The van der Waals surface area contributed by atoms with E-state index in [-0.39, 0.29) is 33.3 Å². The number of fused-ring (bicyclic) bond motifs is 1. The summed E-state index contributed by atoms with van der Waals surface area (Å²) in [6, 6.07) is -0.0391. The van der Waals surface area contributed by atoms with Crippen LogP contribution >= 0.6 is 39.5 Å². The monoisotopic (exact) mass is 420 g/mol. The first kappa shape index (κ1) is 15.6. The lowest BCUT2D eigenvalue weighted by atomic mass is 10.1. The summed E-state index contributed by atoms with van der Waals surface area (Å²) >= 11 is 6.39. The molecule has 4 atom stereocenters. The lowest BCUT2D eigenvalue weighted by Crippen LogP contribution is -2.79. The number of rotatable bonds is 1. The van der Waals surface area contributed by atoms with E-state index in [1.807, 2.05) is 6.92 Å². The fraction of sp³-hybridized carbons (Fsp3) is 0.900. The predicted molar refractivity (Wildman–Crippen MR) is 86.9 cm³/mol. The fourth-order valence-corrected chi connectivity index (χ4v) is 12.2. The van der Waals surface area contributed by atoms with Crippen molar-refractivity contribution in [3.8, 4) is 0 Å². The summed E-state index contributed by atoms with van der Waals surface area (Å²) in [5, 5.41) is 0.0161. The summed E-state index contributed by atoms with van der Waals surface area (Å²) in [6.07, 6.45) is 0.629. The van der Waals surface area contributed by atoms with Gasteiger partial charge in [-0.25, -0.2) is 21.8 Å². The second kappa shape index (κ2) is 4.87. The lowest BCUT2D eigenvalue weighted by molar-refractivity contribution is -0.489. The molecule has 1 N–H and O–H groups in total. The molecule has 10 heteroatoms. The molecule has 0 radical (unpaired) electrons. The Hall–Kier alpha value is 0.750. The van der Waals surface area contributed by atoms with Gasteiger partial charge in [-0.1, -0.05) is 15.9 Å². The molecule has 0 spiro atoms. The minimum atomic E-state index is -3.07. The summed E-state index contributed by atoms with van der Waals surface area (Å²) in [5.41, 5.74) is 0. The second-order valence-electron chi connectivity index (χ2n) is 5.57. The van der Waals surface area contributed by atoms with E-state index in [4.69, 9.17) is 0 Å². The highest BCUT2D eigenvalue weighted by atomic mass is 79.9. The van der Waals surface area contributed by atoms with E-state index >= 15 is 0 Å². The number of hydrogen-bond acceptors (Lipinski definition) is 6. The van der Waals surface area contributed by atoms with E-state index in [2.05, 4.69) is 20.9 Å². The van der Waals surface area contributed by atoms with Crippen LogP contribution in [0.1, 0.15) is 13.3 Å². The zero-order valence-electron chi connectivity index (χ0n) is 10.7. The first-order chi connectivity index (χ1) is 9.12. The molecule has 0 aromatic rings. The predicted octanol–water partition coefficient (Wildman–Crippen LogP) is -0.633. The van der Waals surface area contributed by atoms with Gasteiger partial charge in [-0.3, -0.25) is 0 Å². The van der Waals surface area contributed by atoms with Crippen LogP contribution in [0.15, 0.2) is 0 Å². The van der Waals surface area contributed by atoms with Gasteiger partial charge in [-0.15, -0.1) is 0 Å². The minimum Gasteiger partial charge on any atom is -0.229 e. The summed E-state index contributed by atoms with van der Waals surface area (Å²) in [5.74, 6) is 0.587. The molecule has 3 rings (SSSR count). The summed E-state index contributed by atoms with van der Waals surface area (Å²) < 4.78 is 46.8. The van der Waals surface area contributed by atoms with Gasteiger partial charge in [-0.05, 0) is 30.4 Å². The average Bonchev–Trinajstić information content (AvgIpc) is 2.84. The van der Waals surface area contributed by atoms with Gasteiger partial charge in [-0.2, -0.15) is 0 Å². The van der Waals surface area contributed by atoms with Crippen LogP contribution in [0.3, 0.4) is 0 Å². The van der Waals surface area contributed by atoms with Crippen LogP contribution in [0.5, 0.6) is 0 Å². The van der Waals surface area contributed by atoms with Gasteiger partial charge in [0.1, 0.15) is 9.91 Å². The van der Waals surface area contributed by atoms with Crippen LogP contribution in [0.2, 0.25) is 0 Å². The van der Waals surface area contributed by atoms with Crippen LogP contribution in [-0.2, 0) is 19.7 Å². The van der Waals surface area contributed by atoms with Crippen molar-refractivity contribution in [2.24, 2.45) is 0 Å². The van der Waals surface area contributed by atoms with E-state index < -0.39 is 23.8 Å². The Morgan fingerprint density at radius 2 is 2.00 bits per heavy atom. The van der Waals surface area contributed by atoms with Gasteiger partial charge in [0.2, 0.25) is 0 Å². The molecule has 0 aliphatic carbocycles. The van der Waals surface area contributed by atoms with Gasteiger partial charge in [0.15, 0.2) is 25.7 Å². The third-order valence-electron chi connectivity index (χ3n) is 3.91. The van der Waals surface area contributed by atoms with Crippen LogP contribution in [-0.4, -0.2) is 58.7 Å². The van der Waals surface area contributed by atoms with Gasteiger partial charge in [0.25, 0.3) is 4.38 Å². The molecule has 4 unspecified atom stereocenters. The Labute approximate surface area is 135 Å². The molecule has 3 fully saturated rings. The topological polar surface area (TPSA) is 82.2 Å². The van der Waals surface area contributed by atoms with E-state index in [1.165, 1.54) is 23.5 Å². The van der Waals surface area contributed by atoms with Crippen LogP contribution in [0, 0.1) is 0 Å². The molecule has 114 valence electrons. The first-order valence-corrected chi connectivity index (χ1v) is 12.3. The molecule has 0 aromatic heterocycles. The molecule has 0 aromatic carbocycles. The zero-order chi connectivity index (χ0) is 14.8. The standard InChI is InChI=1S/C10H14BrNO4S4/c1-10-7(5-20(15,16)8(10)11)17-9(18-10)12-6-2-3-19(13,14)4-6/h6-8H,2-5H2,1H3/p+1. The van der Waals surface area contributed by atoms with Crippen molar-refractivity contribution >= 4 is 63.5 Å². The molecule has 3 heterocycles. The van der Waals surface area contributed by atoms with Crippen molar-refractivity contribution in [2.45, 2.75) is 33.5 Å². The van der Waals surface area contributed by atoms with Crippen molar-refractivity contribution in [1.29, 1.82) is 0 Å². The first-order valence-electron chi connectivity index (χ1n) is 6.18. The number of sulfone groups is 2. The van der Waals surface area contributed by atoms with Crippen molar-refractivity contribution in [3.63, 3.8) is 0 Å². The van der Waals surface area contributed by atoms with Crippen LogP contribution in [0.4, 0.5) is 0 Å². The SMILES string of the molecule is CC12SC(=[NH+]C3CCS(=O)(=O)C3)SC1CS(=O)(=O)C2Br.